The summed E-state index contributed by atoms with van der Waals surface area (Å²) in [4.78, 5) is 35.5. The van der Waals surface area contributed by atoms with E-state index >= 15 is 0 Å². The highest BCUT2D eigenvalue weighted by molar-refractivity contribution is 5.71. The number of aliphatic hydroxyl groups excluding tert-OH is 1. The van der Waals surface area contributed by atoms with Crippen molar-refractivity contribution < 1.29 is 14.6 Å². The fraction of sp³-hybridized carbons (Fsp3) is 0.600. The first-order valence-corrected chi connectivity index (χ1v) is 14.5. The van der Waals surface area contributed by atoms with Crippen molar-refractivity contribution in [2.45, 2.75) is 103 Å². The Morgan fingerprint density at radius 1 is 1.15 bits per heavy atom. The topological polar surface area (TPSA) is 136 Å². The van der Waals surface area contributed by atoms with E-state index in [1.54, 1.807) is 4.57 Å². The van der Waals surface area contributed by atoms with Crippen LogP contribution in [-0.2, 0) is 9.53 Å². The molecule has 0 unspecified atom stereocenters. The van der Waals surface area contributed by atoms with Gasteiger partial charge in [-0.25, -0.2) is 4.98 Å². The number of nitrogens with two attached hydrogens (primary N) is 1. The van der Waals surface area contributed by atoms with Gasteiger partial charge in [-0.15, -0.1) is 0 Å². The molecular weight excluding hydrogens is 494 g/mol. The summed E-state index contributed by atoms with van der Waals surface area (Å²) in [5.74, 6) is -0.649. The second-order valence-corrected chi connectivity index (χ2v) is 10.4. The smallest absolute Gasteiger partial charge is 0.306 e. The minimum absolute atomic E-state index is 0.00284. The van der Waals surface area contributed by atoms with Gasteiger partial charge in [0.05, 0.1) is 19.0 Å². The number of rotatable bonds is 17. The molecule has 1 fully saturated rings. The van der Waals surface area contributed by atoms with Crippen molar-refractivity contribution in [3.8, 4) is 0 Å². The summed E-state index contributed by atoms with van der Waals surface area (Å²) < 4.78 is 7.49. The molecule has 4 N–H and O–H groups in total. The maximum Gasteiger partial charge on any atom is 0.306 e. The predicted molar refractivity (Wildman–Crippen MR) is 155 cm³/mol. The highest BCUT2D eigenvalue weighted by atomic mass is 16.5. The number of carbonyl (C=O) groups is 1. The number of fused-ring (bicyclic) bond motifs is 1. The van der Waals surface area contributed by atoms with Crippen LogP contribution in [-0.4, -0.2) is 43.3 Å². The van der Waals surface area contributed by atoms with Crippen LogP contribution in [0, 0.1) is 5.92 Å². The van der Waals surface area contributed by atoms with E-state index in [9.17, 15) is 14.7 Å². The third-order valence-corrected chi connectivity index (χ3v) is 7.41. The molecule has 2 aromatic heterocycles. The molecule has 0 aromatic carbocycles. The molecule has 0 saturated heterocycles. The second-order valence-electron chi connectivity index (χ2n) is 10.4. The van der Waals surface area contributed by atoms with Crippen molar-refractivity contribution in [3.05, 3.63) is 53.1 Å². The Hall–Kier alpha value is -3.20. The van der Waals surface area contributed by atoms with Crippen LogP contribution >= 0.6 is 0 Å². The van der Waals surface area contributed by atoms with E-state index in [0.717, 1.165) is 38.5 Å². The van der Waals surface area contributed by atoms with Gasteiger partial charge in [0.1, 0.15) is 6.10 Å². The van der Waals surface area contributed by atoms with Crippen molar-refractivity contribution >= 4 is 23.1 Å². The molecule has 0 amide bonds. The molecule has 1 aliphatic rings. The van der Waals surface area contributed by atoms with Gasteiger partial charge in [0.25, 0.3) is 5.56 Å². The zero-order valence-electron chi connectivity index (χ0n) is 23.3. The van der Waals surface area contributed by atoms with Crippen LogP contribution < -0.4 is 11.3 Å². The Bertz CT molecular complexity index is 1180. The number of ether oxygens (including phenoxy) is 1. The molecule has 2 aromatic rings. The Morgan fingerprint density at radius 2 is 1.85 bits per heavy atom. The van der Waals surface area contributed by atoms with Gasteiger partial charge < -0.3 is 20.1 Å². The minimum atomic E-state index is -0.491. The molecule has 0 bridgehead atoms. The summed E-state index contributed by atoms with van der Waals surface area (Å²) >= 11 is 0. The van der Waals surface area contributed by atoms with E-state index in [1.165, 1.54) is 38.4 Å². The van der Waals surface area contributed by atoms with Crippen LogP contribution in [0.15, 0.2) is 47.6 Å². The molecule has 1 aliphatic carbocycles. The van der Waals surface area contributed by atoms with E-state index in [4.69, 9.17) is 10.5 Å². The monoisotopic (exact) mass is 539 g/mol. The van der Waals surface area contributed by atoms with Gasteiger partial charge in [-0.1, -0.05) is 69.9 Å². The van der Waals surface area contributed by atoms with E-state index in [2.05, 4.69) is 52.8 Å². The van der Waals surface area contributed by atoms with Gasteiger partial charge in [-0.3, -0.25) is 14.6 Å². The van der Waals surface area contributed by atoms with Gasteiger partial charge in [0.2, 0.25) is 5.95 Å². The van der Waals surface area contributed by atoms with Crippen LogP contribution in [0.3, 0.4) is 0 Å². The second kappa shape index (κ2) is 16.0. The van der Waals surface area contributed by atoms with E-state index in [1.807, 2.05) is 0 Å². The average molecular weight is 540 g/mol. The van der Waals surface area contributed by atoms with Gasteiger partial charge >= 0.3 is 5.97 Å². The summed E-state index contributed by atoms with van der Waals surface area (Å²) in [6.07, 6.45) is 23.2. The lowest BCUT2D eigenvalue weighted by Crippen LogP contribution is -2.25. The Kier molecular flexibility index (Phi) is 12.5. The fourth-order valence-electron chi connectivity index (χ4n) is 5.16. The SMILES string of the molecule is C=C1[C@H](CO)[C@@H](OC(=O)CCCCCCC/C=C\C/C=C\CCCCC)C[C@@H]1n1cnc2c(=O)[nH]c(N)nc21. The molecule has 0 spiro atoms. The first kappa shape index (κ1) is 30.3. The summed E-state index contributed by atoms with van der Waals surface area (Å²) in [6, 6.07) is -0.311. The standard InChI is InChI=1S/C30H45N5O4/c1-3-4-5-6-7-8-9-10-11-12-13-14-15-16-17-18-26(37)39-25-19-24(22(2)23(25)20-36)35-21-32-27-28(35)33-30(31)34-29(27)38/h7-8,10-11,21,23-25,36H,2-6,9,12-20H2,1H3,(H3,31,33,34,38)/b8-7-,11-10-/t23-,24-,25-/m0/s1. The zero-order valence-corrected chi connectivity index (χ0v) is 23.3. The maximum atomic E-state index is 12.6. The fourth-order valence-corrected chi connectivity index (χ4v) is 5.16. The number of allylic oxidation sites excluding steroid dienone is 4. The molecule has 39 heavy (non-hydrogen) atoms. The van der Waals surface area contributed by atoms with Gasteiger partial charge in [-0.05, 0) is 44.1 Å². The third kappa shape index (κ3) is 8.92. The summed E-state index contributed by atoms with van der Waals surface area (Å²) in [5.41, 5.74) is 6.54. The quantitative estimate of drug-likeness (QED) is 0.136. The van der Waals surface area contributed by atoms with Crippen LogP contribution in [0.5, 0.6) is 0 Å². The number of aromatic amines is 1. The lowest BCUT2D eigenvalue weighted by atomic mass is 10.0. The van der Waals surface area contributed by atoms with Gasteiger partial charge in [0.15, 0.2) is 11.2 Å². The first-order valence-electron chi connectivity index (χ1n) is 14.5. The van der Waals surface area contributed by atoms with Gasteiger partial charge in [0, 0.05) is 18.8 Å². The molecule has 0 radical (unpaired) electrons. The zero-order chi connectivity index (χ0) is 28.0. The number of nitrogen functional groups attached to an aromatic ring is 1. The number of hydrogen-bond donors (Lipinski definition) is 3. The van der Waals surface area contributed by atoms with E-state index < -0.39 is 11.7 Å². The number of H-pyrrole nitrogens is 1. The van der Waals surface area contributed by atoms with Gasteiger partial charge in [-0.2, -0.15) is 4.98 Å². The van der Waals surface area contributed by atoms with E-state index in [0.29, 0.717) is 24.1 Å². The summed E-state index contributed by atoms with van der Waals surface area (Å²) in [7, 11) is 0. The van der Waals surface area contributed by atoms with Crippen LogP contribution in [0.4, 0.5) is 5.95 Å². The molecule has 1 saturated carbocycles. The summed E-state index contributed by atoms with van der Waals surface area (Å²) in [6.45, 7) is 6.19. The van der Waals surface area contributed by atoms with Crippen molar-refractivity contribution in [1.82, 2.24) is 19.5 Å². The number of esters is 1. The molecule has 9 nitrogen and oxygen atoms in total. The average Bonchev–Trinajstić information content (AvgIpc) is 3.46. The first-order chi connectivity index (χ1) is 19.0. The maximum absolute atomic E-state index is 12.6. The van der Waals surface area contributed by atoms with Crippen LogP contribution in [0.2, 0.25) is 0 Å². The Balaban J connectivity index is 1.34. The molecular formula is C30H45N5O4. The van der Waals surface area contributed by atoms with Crippen LogP contribution in [0.1, 0.15) is 96.4 Å². The molecule has 214 valence electrons. The van der Waals surface area contributed by atoms with Crippen molar-refractivity contribution in [2.24, 2.45) is 5.92 Å². The highest BCUT2D eigenvalue weighted by Gasteiger charge is 2.41. The lowest BCUT2D eigenvalue weighted by molar-refractivity contribution is -0.151. The predicted octanol–water partition coefficient (Wildman–Crippen LogP) is 5.54. The Morgan fingerprint density at radius 3 is 2.56 bits per heavy atom. The number of aliphatic hydroxyl groups is 1. The lowest BCUT2D eigenvalue weighted by Gasteiger charge is -2.18. The molecule has 0 aliphatic heterocycles. The number of nitrogens with zero attached hydrogens (tertiary/aromatic N) is 3. The summed E-state index contributed by atoms with van der Waals surface area (Å²) in [5, 5.41) is 9.98. The van der Waals surface area contributed by atoms with Crippen molar-refractivity contribution in [2.75, 3.05) is 12.3 Å². The third-order valence-electron chi connectivity index (χ3n) is 7.41. The van der Waals surface area contributed by atoms with Crippen molar-refractivity contribution in [1.29, 1.82) is 0 Å². The molecule has 3 rings (SSSR count). The number of anilines is 1. The normalized spacial score (nSPS) is 19.6. The molecule has 3 atom stereocenters. The number of unbranched alkanes of at least 4 members (excludes halogenated alkanes) is 8. The Labute approximate surface area is 231 Å². The van der Waals surface area contributed by atoms with Crippen LogP contribution in [0.25, 0.3) is 11.2 Å². The number of aromatic nitrogens is 4. The van der Waals surface area contributed by atoms with E-state index in [-0.39, 0.29) is 36.0 Å². The molecule has 2 heterocycles. The van der Waals surface area contributed by atoms with Crippen molar-refractivity contribution in [3.63, 3.8) is 0 Å². The number of carbonyl (C=O) groups excluding carboxylic acids is 1. The largest absolute Gasteiger partial charge is 0.462 e. The number of hydrogen-bond acceptors (Lipinski definition) is 7. The number of imidazole rings is 1. The number of nitrogens with one attached hydrogen (secondary N) is 1. The highest BCUT2D eigenvalue weighted by Crippen LogP contribution is 2.41. The minimum Gasteiger partial charge on any atom is -0.462 e. The molecule has 9 heteroatoms.